The molecule has 0 heterocycles. The van der Waals surface area contributed by atoms with Gasteiger partial charge in [-0.1, -0.05) is 69.3 Å². The number of nitrogens with one attached hydrogen (secondary N) is 1. The maximum atomic E-state index is 13.5. The third kappa shape index (κ3) is 5.86. The molecule has 3 aromatic carbocycles. The number of carbonyl (C=O) groups excluding carboxylic acids is 1. The van der Waals surface area contributed by atoms with Crippen LogP contribution >= 0.6 is 0 Å². The molecule has 3 rings (SSSR count). The van der Waals surface area contributed by atoms with Crippen molar-refractivity contribution in [2.45, 2.75) is 57.9 Å². The van der Waals surface area contributed by atoms with Crippen molar-refractivity contribution in [1.82, 2.24) is 5.32 Å². The lowest BCUT2D eigenvalue weighted by Gasteiger charge is -2.26. The number of hydrogen-bond acceptors (Lipinski definition) is 3. The fraction of sp³-hybridized carbons (Fsp3) is 0.321. The summed E-state index contributed by atoms with van der Waals surface area (Å²) < 4.78 is 28.3. The zero-order valence-corrected chi connectivity index (χ0v) is 21.4. The van der Waals surface area contributed by atoms with Gasteiger partial charge in [-0.05, 0) is 72.7 Å². The highest BCUT2D eigenvalue weighted by molar-refractivity contribution is 7.92. The van der Waals surface area contributed by atoms with Crippen molar-refractivity contribution in [1.29, 1.82) is 0 Å². The van der Waals surface area contributed by atoms with E-state index in [4.69, 9.17) is 0 Å². The normalized spacial score (nSPS) is 12.4. The molecule has 3 aromatic rings. The van der Waals surface area contributed by atoms with Crippen LogP contribution < -0.4 is 9.62 Å². The van der Waals surface area contributed by atoms with Crippen LogP contribution in [0.1, 0.15) is 61.4 Å². The first kappa shape index (κ1) is 25.5. The fourth-order valence-electron chi connectivity index (χ4n) is 3.83. The molecule has 0 aliphatic rings. The molecule has 0 aliphatic heterocycles. The average Bonchev–Trinajstić information content (AvgIpc) is 2.83. The van der Waals surface area contributed by atoms with E-state index in [-0.39, 0.29) is 23.4 Å². The van der Waals surface area contributed by atoms with Crippen LogP contribution in [0.2, 0.25) is 0 Å². The number of carbonyl (C=O) groups is 1. The highest BCUT2D eigenvalue weighted by Crippen LogP contribution is 2.26. The topological polar surface area (TPSA) is 66.5 Å². The Bertz CT molecular complexity index is 1220. The maximum Gasteiger partial charge on any atom is 0.264 e. The Kier molecular flexibility index (Phi) is 8.15. The molecule has 0 bridgehead atoms. The fourth-order valence-corrected chi connectivity index (χ4v) is 5.28. The van der Waals surface area contributed by atoms with E-state index >= 15 is 0 Å². The number of rotatable bonds is 9. The highest BCUT2D eigenvalue weighted by atomic mass is 32.2. The minimum absolute atomic E-state index is 0.150. The number of amides is 1. The van der Waals surface area contributed by atoms with Crippen molar-refractivity contribution < 1.29 is 13.2 Å². The highest BCUT2D eigenvalue weighted by Gasteiger charge is 2.28. The summed E-state index contributed by atoms with van der Waals surface area (Å²) in [6.45, 7) is 9.96. The quantitative estimate of drug-likeness (QED) is 0.417. The molecule has 180 valence electrons. The van der Waals surface area contributed by atoms with Crippen molar-refractivity contribution in [3.63, 3.8) is 0 Å². The van der Waals surface area contributed by atoms with Crippen molar-refractivity contribution in [2.24, 2.45) is 0 Å². The van der Waals surface area contributed by atoms with Crippen LogP contribution in [0, 0.1) is 13.8 Å². The molecule has 1 unspecified atom stereocenters. The van der Waals surface area contributed by atoms with Gasteiger partial charge in [0.05, 0.1) is 16.6 Å². The van der Waals surface area contributed by atoms with Gasteiger partial charge in [0, 0.05) is 0 Å². The first-order valence-corrected chi connectivity index (χ1v) is 13.1. The van der Waals surface area contributed by atoms with E-state index in [0.717, 1.165) is 16.7 Å². The molecule has 0 spiro atoms. The molecular weight excluding hydrogens is 444 g/mol. The van der Waals surface area contributed by atoms with E-state index in [2.05, 4.69) is 32.2 Å². The van der Waals surface area contributed by atoms with Gasteiger partial charge in [-0.2, -0.15) is 0 Å². The van der Waals surface area contributed by atoms with E-state index in [1.807, 2.05) is 38.1 Å². The summed E-state index contributed by atoms with van der Waals surface area (Å²) in [4.78, 5) is 13.3. The van der Waals surface area contributed by atoms with Crippen LogP contribution in [0.4, 0.5) is 5.69 Å². The molecule has 0 saturated carbocycles. The van der Waals surface area contributed by atoms with Gasteiger partial charge in [-0.3, -0.25) is 9.10 Å². The second-order valence-electron chi connectivity index (χ2n) is 8.94. The predicted molar refractivity (Wildman–Crippen MR) is 139 cm³/mol. The lowest BCUT2D eigenvalue weighted by molar-refractivity contribution is -0.120. The zero-order valence-electron chi connectivity index (χ0n) is 20.6. The minimum Gasteiger partial charge on any atom is -0.348 e. The van der Waals surface area contributed by atoms with E-state index in [1.54, 1.807) is 42.5 Å². The summed E-state index contributed by atoms with van der Waals surface area (Å²) in [7, 11) is -3.93. The average molecular weight is 479 g/mol. The van der Waals surface area contributed by atoms with Crippen molar-refractivity contribution in [3.05, 3.63) is 95.1 Å². The second kappa shape index (κ2) is 10.9. The Morgan fingerprint density at radius 3 is 2.06 bits per heavy atom. The molecule has 0 aliphatic carbocycles. The Balaban J connectivity index is 1.91. The second-order valence-corrected chi connectivity index (χ2v) is 10.8. The molecule has 5 nitrogen and oxygen atoms in total. The molecule has 1 N–H and O–H groups in total. The first-order chi connectivity index (χ1) is 16.1. The van der Waals surface area contributed by atoms with E-state index in [0.29, 0.717) is 18.0 Å². The number of hydrogen-bond donors (Lipinski definition) is 1. The van der Waals surface area contributed by atoms with Crippen LogP contribution in [0.15, 0.2) is 77.7 Å². The number of aryl methyl sites for hydroxylation is 2. The van der Waals surface area contributed by atoms with Crippen molar-refractivity contribution in [2.75, 3.05) is 10.8 Å². The summed E-state index contributed by atoms with van der Waals surface area (Å²) in [5.74, 6) is -0.0303. The van der Waals surface area contributed by atoms with Gasteiger partial charge in [-0.25, -0.2) is 8.42 Å². The predicted octanol–water partition coefficient (Wildman–Crippen LogP) is 5.89. The van der Waals surface area contributed by atoms with Crippen LogP contribution in [0.5, 0.6) is 0 Å². The summed E-state index contributed by atoms with van der Waals surface area (Å²) in [5, 5.41) is 3.04. The third-order valence-electron chi connectivity index (χ3n) is 6.14. The third-order valence-corrected chi connectivity index (χ3v) is 7.93. The largest absolute Gasteiger partial charge is 0.348 e. The molecule has 0 saturated heterocycles. The summed E-state index contributed by atoms with van der Waals surface area (Å²) in [6.07, 6.45) is 0.697. The smallest absolute Gasteiger partial charge is 0.264 e. The van der Waals surface area contributed by atoms with Gasteiger partial charge in [0.15, 0.2) is 0 Å². The lowest BCUT2D eigenvalue weighted by atomic mass is 9.99. The number of nitrogens with zero attached hydrogens (tertiary/aromatic N) is 1. The summed E-state index contributed by atoms with van der Waals surface area (Å²) in [5.41, 5.74) is 4.92. The number of anilines is 1. The van der Waals surface area contributed by atoms with Crippen LogP contribution in [-0.2, 0) is 14.8 Å². The Morgan fingerprint density at radius 2 is 1.50 bits per heavy atom. The lowest BCUT2D eigenvalue weighted by Crippen LogP contribution is -2.42. The van der Waals surface area contributed by atoms with Gasteiger partial charge in [0.1, 0.15) is 6.54 Å². The van der Waals surface area contributed by atoms with Gasteiger partial charge in [0.2, 0.25) is 5.91 Å². The molecule has 6 heteroatoms. The van der Waals surface area contributed by atoms with Crippen LogP contribution in [0.3, 0.4) is 0 Å². The molecule has 1 atom stereocenters. The van der Waals surface area contributed by atoms with Crippen LogP contribution in [-0.4, -0.2) is 20.9 Å². The van der Waals surface area contributed by atoms with Gasteiger partial charge >= 0.3 is 0 Å². The van der Waals surface area contributed by atoms with Gasteiger partial charge in [0.25, 0.3) is 10.0 Å². The van der Waals surface area contributed by atoms with Crippen molar-refractivity contribution >= 4 is 21.6 Å². The molecule has 34 heavy (non-hydrogen) atoms. The molecule has 0 fully saturated rings. The Morgan fingerprint density at radius 1 is 0.882 bits per heavy atom. The molecular formula is C28H34N2O3S. The summed E-state index contributed by atoms with van der Waals surface area (Å²) >= 11 is 0. The first-order valence-electron chi connectivity index (χ1n) is 11.7. The standard InChI is InChI=1S/C28H34N2O3S/c1-6-27(24-13-12-21(4)22(5)18-24)29-28(31)19-30(25-16-14-23(15-17-25)20(2)3)34(32,33)26-10-8-7-9-11-26/h7-18,20,27H,6,19H2,1-5H3,(H,29,31). The van der Waals surface area contributed by atoms with Crippen LogP contribution in [0.25, 0.3) is 0 Å². The van der Waals surface area contributed by atoms with E-state index in [1.165, 1.54) is 9.87 Å². The Labute approximate surface area is 203 Å². The molecule has 0 radical (unpaired) electrons. The SMILES string of the molecule is CCC(NC(=O)CN(c1ccc(C(C)C)cc1)S(=O)(=O)c1ccccc1)c1ccc(C)c(C)c1. The minimum atomic E-state index is -3.93. The summed E-state index contributed by atoms with van der Waals surface area (Å²) in [6, 6.07) is 21.5. The monoisotopic (exact) mass is 478 g/mol. The van der Waals surface area contributed by atoms with E-state index in [9.17, 15) is 13.2 Å². The Hall–Kier alpha value is -3.12. The maximum absolute atomic E-state index is 13.5. The number of benzene rings is 3. The van der Waals surface area contributed by atoms with Gasteiger partial charge < -0.3 is 5.32 Å². The van der Waals surface area contributed by atoms with Crippen molar-refractivity contribution in [3.8, 4) is 0 Å². The molecule has 0 aromatic heterocycles. The van der Waals surface area contributed by atoms with E-state index < -0.39 is 10.0 Å². The molecule has 1 amide bonds. The van der Waals surface area contributed by atoms with Gasteiger partial charge in [-0.15, -0.1) is 0 Å². The number of sulfonamides is 1. The zero-order chi connectivity index (χ0) is 24.9.